The first-order chi connectivity index (χ1) is 6.81. The van der Waals surface area contributed by atoms with Gasteiger partial charge in [0.25, 0.3) is 0 Å². The van der Waals surface area contributed by atoms with Crippen LogP contribution in [0.25, 0.3) is 0 Å². The summed E-state index contributed by atoms with van der Waals surface area (Å²) in [6.07, 6.45) is 2.39. The van der Waals surface area contributed by atoms with E-state index in [-0.39, 0.29) is 0 Å². The van der Waals surface area contributed by atoms with Crippen LogP contribution < -0.4 is 0 Å². The molecule has 0 aliphatic carbocycles. The monoisotopic (exact) mass is 211 g/mol. The topological polar surface area (TPSA) is 23.5 Å². The number of nitrogens with zero attached hydrogens (tertiary/aromatic N) is 1. The summed E-state index contributed by atoms with van der Waals surface area (Å²) in [5.74, 6) is 0. The molecule has 78 valence electrons. The maximum Gasteiger partial charge on any atom is 0.0587 e. The molecule has 1 aliphatic rings. The molecule has 2 rings (SSSR count). The largest absolute Gasteiger partial charge is 0.395 e. The summed E-state index contributed by atoms with van der Waals surface area (Å²) >= 11 is 1.83. The van der Waals surface area contributed by atoms with Crippen molar-refractivity contribution in [3.05, 3.63) is 21.9 Å². The molecule has 14 heavy (non-hydrogen) atoms. The molecule has 0 saturated carbocycles. The maximum absolute atomic E-state index is 9.20. The number of likely N-dealkylation sites (tertiary alicyclic amines) is 1. The lowest BCUT2D eigenvalue weighted by Gasteiger charge is -2.22. The number of hydrogen-bond donors (Lipinski definition) is 1. The van der Waals surface area contributed by atoms with E-state index in [1.807, 2.05) is 11.3 Å². The third-order valence-corrected chi connectivity index (χ3v) is 4.03. The molecule has 2 heterocycles. The molecule has 1 aromatic heterocycles. The molecule has 0 spiro atoms. The minimum atomic E-state index is 0.310. The fraction of sp³-hybridized carbons (Fsp3) is 0.636. The van der Waals surface area contributed by atoms with E-state index < -0.39 is 0 Å². The molecule has 0 bridgehead atoms. The van der Waals surface area contributed by atoms with Crippen molar-refractivity contribution in [2.75, 3.05) is 13.2 Å². The van der Waals surface area contributed by atoms with Gasteiger partial charge in [0.15, 0.2) is 0 Å². The lowest BCUT2D eigenvalue weighted by Crippen LogP contribution is -2.31. The van der Waals surface area contributed by atoms with Crippen molar-refractivity contribution in [1.82, 2.24) is 4.90 Å². The smallest absolute Gasteiger partial charge is 0.0587 e. The number of aliphatic hydroxyl groups is 1. The normalized spacial score (nSPS) is 23.1. The standard InChI is InChI=1S/C11H17NOS/c1-9-4-6-14-11(9)7-12-5-2-3-10(12)8-13/h4,6,10,13H,2-3,5,7-8H2,1H3/t10-/m0/s1. The first-order valence-electron chi connectivity index (χ1n) is 5.19. The van der Waals surface area contributed by atoms with Gasteiger partial charge in [-0.2, -0.15) is 0 Å². The lowest BCUT2D eigenvalue weighted by molar-refractivity contribution is 0.154. The number of hydrogen-bond acceptors (Lipinski definition) is 3. The van der Waals surface area contributed by atoms with Crippen molar-refractivity contribution >= 4 is 11.3 Å². The Balaban J connectivity index is 2.00. The molecule has 1 aliphatic heterocycles. The first kappa shape index (κ1) is 10.1. The van der Waals surface area contributed by atoms with Gasteiger partial charge in [-0.05, 0) is 43.3 Å². The minimum absolute atomic E-state index is 0.310. The molecular formula is C11H17NOS. The fourth-order valence-corrected chi connectivity index (χ4v) is 2.99. The highest BCUT2D eigenvalue weighted by Gasteiger charge is 2.24. The average Bonchev–Trinajstić information content (AvgIpc) is 2.77. The zero-order valence-electron chi connectivity index (χ0n) is 8.57. The van der Waals surface area contributed by atoms with Crippen LogP contribution in [0.5, 0.6) is 0 Å². The van der Waals surface area contributed by atoms with Crippen LogP contribution in [0.15, 0.2) is 11.4 Å². The Bertz CT molecular complexity index is 297. The summed E-state index contributed by atoms with van der Waals surface area (Å²) in [4.78, 5) is 3.85. The molecular weight excluding hydrogens is 194 g/mol. The van der Waals surface area contributed by atoms with Gasteiger partial charge in [-0.1, -0.05) is 0 Å². The quantitative estimate of drug-likeness (QED) is 0.826. The lowest BCUT2D eigenvalue weighted by atomic mass is 10.2. The molecule has 0 amide bonds. The van der Waals surface area contributed by atoms with Gasteiger partial charge in [0.2, 0.25) is 0 Å². The Morgan fingerprint density at radius 3 is 3.14 bits per heavy atom. The molecule has 1 N–H and O–H groups in total. The zero-order chi connectivity index (χ0) is 9.97. The maximum atomic E-state index is 9.20. The molecule has 3 heteroatoms. The molecule has 0 aromatic carbocycles. The Morgan fingerprint density at radius 1 is 1.64 bits per heavy atom. The van der Waals surface area contributed by atoms with E-state index in [9.17, 15) is 5.11 Å². The fourth-order valence-electron chi connectivity index (χ4n) is 2.06. The Hall–Kier alpha value is -0.380. The summed E-state index contributed by atoms with van der Waals surface area (Å²) in [5.41, 5.74) is 1.39. The van der Waals surface area contributed by atoms with E-state index in [1.54, 1.807) is 0 Å². The zero-order valence-corrected chi connectivity index (χ0v) is 9.39. The second kappa shape index (κ2) is 4.43. The summed E-state index contributed by atoms with van der Waals surface area (Å²) in [6.45, 7) is 4.64. The van der Waals surface area contributed by atoms with Crippen LogP contribution in [-0.2, 0) is 6.54 Å². The van der Waals surface area contributed by atoms with Gasteiger partial charge in [0.05, 0.1) is 6.61 Å². The van der Waals surface area contributed by atoms with E-state index in [4.69, 9.17) is 0 Å². The molecule has 1 aromatic rings. The van der Waals surface area contributed by atoms with Gasteiger partial charge in [-0.3, -0.25) is 4.90 Å². The predicted octanol–water partition coefficient (Wildman–Crippen LogP) is 2.01. The molecule has 1 fully saturated rings. The molecule has 0 radical (unpaired) electrons. The summed E-state index contributed by atoms with van der Waals surface area (Å²) in [6, 6.07) is 2.57. The summed E-state index contributed by atoms with van der Waals surface area (Å²) in [5, 5.41) is 11.3. The number of aryl methyl sites for hydroxylation is 1. The van der Waals surface area contributed by atoms with Crippen molar-refractivity contribution in [2.45, 2.75) is 32.4 Å². The second-order valence-corrected chi connectivity index (χ2v) is 4.98. The minimum Gasteiger partial charge on any atom is -0.395 e. The van der Waals surface area contributed by atoms with Crippen LogP contribution in [-0.4, -0.2) is 29.2 Å². The van der Waals surface area contributed by atoms with Crippen LogP contribution in [0, 0.1) is 6.92 Å². The van der Waals surface area contributed by atoms with Gasteiger partial charge < -0.3 is 5.11 Å². The highest BCUT2D eigenvalue weighted by atomic mass is 32.1. The molecule has 2 nitrogen and oxygen atoms in total. The van der Waals surface area contributed by atoms with Gasteiger partial charge >= 0.3 is 0 Å². The Labute approximate surface area is 89.2 Å². The molecule has 1 saturated heterocycles. The van der Waals surface area contributed by atoms with E-state index in [0.717, 1.165) is 19.5 Å². The number of rotatable bonds is 3. The second-order valence-electron chi connectivity index (χ2n) is 3.98. The Morgan fingerprint density at radius 2 is 2.50 bits per heavy atom. The van der Waals surface area contributed by atoms with Gasteiger partial charge in [-0.25, -0.2) is 0 Å². The van der Waals surface area contributed by atoms with Crippen LogP contribution in [0.2, 0.25) is 0 Å². The van der Waals surface area contributed by atoms with E-state index in [0.29, 0.717) is 12.6 Å². The van der Waals surface area contributed by atoms with Crippen LogP contribution >= 0.6 is 11.3 Å². The first-order valence-corrected chi connectivity index (χ1v) is 6.07. The predicted molar refractivity (Wildman–Crippen MR) is 59.6 cm³/mol. The van der Waals surface area contributed by atoms with E-state index >= 15 is 0 Å². The van der Waals surface area contributed by atoms with Gasteiger partial charge in [-0.15, -0.1) is 11.3 Å². The van der Waals surface area contributed by atoms with Crippen molar-refractivity contribution in [3.63, 3.8) is 0 Å². The van der Waals surface area contributed by atoms with Crippen molar-refractivity contribution in [3.8, 4) is 0 Å². The number of aliphatic hydroxyl groups excluding tert-OH is 1. The van der Waals surface area contributed by atoms with E-state index in [2.05, 4.69) is 23.3 Å². The SMILES string of the molecule is Cc1ccsc1CN1CCC[C@H]1CO. The van der Waals surface area contributed by atoms with E-state index in [1.165, 1.54) is 16.9 Å². The number of thiophene rings is 1. The third kappa shape index (κ3) is 2.00. The van der Waals surface area contributed by atoms with Crippen molar-refractivity contribution in [2.24, 2.45) is 0 Å². The highest BCUT2D eigenvalue weighted by molar-refractivity contribution is 7.10. The van der Waals surface area contributed by atoms with Gasteiger partial charge in [0, 0.05) is 17.5 Å². The molecule has 1 atom stereocenters. The summed E-state index contributed by atoms with van der Waals surface area (Å²) < 4.78 is 0. The van der Waals surface area contributed by atoms with Crippen LogP contribution in [0.1, 0.15) is 23.3 Å². The Kier molecular flexibility index (Phi) is 3.21. The van der Waals surface area contributed by atoms with Crippen molar-refractivity contribution in [1.29, 1.82) is 0 Å². The van der Waals surface area contributed by atoms with Crippen LogP contribution in [0.3, 0.4) is 0 Å². The van der Waals surface area contributed by atoms with Gasteiger partial charge in [0.1, 0.15) is 0 Å². The summed E-state index contributed by atoms with van der Waals surface area (Å²) in [7, 11) is 0. The third-order valence-electron chi connectivity index (χ3n) is 3.02. The highest BCUT2D eigenvalue weighted by Crippen LogP contribution is 2.23. The average molecular weight is 211 g/mol. The van der Waals surface area contributed by atoms with Crippen molar-refractivity contribution < 1.29 is 5.11 Å². The molecule has 0 unspecified atom stereocenters. The van der Waals surface area contributed by atoms with Crippen LogP contribution in [0.4, 0.5) is 0 Å².